The lowest BCUT2D eigenvalue weighted by Gasteiger charge is -2.25. The number of aryl methyl sites for hydroxylation is 2. The third-order valence-corrected chi connectivity index (χ3v) is 5.29. The lowest BCUT2D eigenvalue weighted by Crippen LogP contribution is -2.42. The van der Waals surface area contributed by atoms with Crippen LogP contribution in [0.2, 0.25) is 0 Å². The van der Waals surface area contributed by atoms with Crippen molar-refractivity contribution >= 4 is 10.2 Å². The second-order valence-corrected chi connectivity index (χ2v) is 6.60. The minimum atomic E-state index is -3.35. The molecule has 0 saturated heterocycles. The van der Waals surface area contributed by atoms with Crippen LogP contribution in [0, 0.1) is 13.8 Å². The van der Waals surface area contributed by atoms with Gasteiger partial charge in [-0.3, -0.25) is 4.68 Å². The molecule has 0 aliphatic carbocycles. The van der Waals surface area contributed by atoms with Crippen LogP contribution in [0.3, 0.4) is 0 Å². The molecular weight excluding hydrogens is 264 g/mol. The topological polar surface area (TPSA) is 58.4 Å². The van der Waals surface area contributed by atoms with E-state index in [4.69, 9.17) is 0 Å². The molecule has 6 nitrogen and oxygen atoms in total. The van der Waals surface area contributed by atoms with E-state index >= 15 is 0 Å². The summed E-state index contributed by atoms with van der Waals surface area (Å²) in [4.78, 5) is 0. The van der Waals surface area contributed by atoms with Crippen LogP contribution in [0.5, 0.6) is 0 Å². The van der Waals surface area contributed by atoms with Crippen LogP contribution in [-0.2, 0) is 16.8 Å². The highest BCUT2D eigenvalue weighted by Gasteiger charge is 2.24. The number of nitrogens with zero attached hydrogens (tertiary/aromatic N) is 4. The van der Waals surface area contributed by atoms with Gasteiger partial charge in [0.1, 0.15) is 0 Å². The minimum Gasteiger partial charge on any atom is -0.268 e. The van der Waals surface area contributed by atoms with Gasteiger partial charge in [0.15, 0.2) is 0 Å². The Hall–Kier alpha value is -0.920. The SMILES string of the molecule is CCN(CC)S(=O)(=O)N(C)CCn1nc(C)cc1C. The molecular formula is C12H24N4O2S. The Morgan fingerprint density at radius 2 is 1.84 bits per heavy atom. The maximum absolute atomic E-state index is 12.2. The molecule has 0 aliphatic rings. The van der Waals surface area contributed by atoms with Gasteiger partial charge in [-0.05, 0) is 19.9 Å². The first-order chi connectivity index (χ1) is 8.82. The van der Waals surface area contributed by atoms with Crippen molar-refractivity contribution in [2.24, 2.45) is 0 Å². The fraction of sp³-hybridized carbons (Fsp3) is 0.750. The molecule has 0 radical (unpaired) electrons. The molecule has 0 N–H and O–H groups in total. The Kier molecular flexibility index (Phi) is 5.51. The van der Waals surface area contributed by atoms with Gasteiger partial charge in [0.05, 0.1) is 12.2 Å². The van der Waals surface area contributed by atoms with Crippen LogP contribution in [0.4, 0.5) is 0 Å². The molecule has 19 heavy (non-hydrogen) atoms. The molecule has 0 aliphatic heterocycles. The predicted molar refractivity (Wildman–Crippen MR) is 76.2 cm³/mol. The highest BCUT2D eigenvalue weighted by atomic mass is 32.2. The number of hydrogen-bond acceptors (Lipinski definition) is 3. The van der Waals surface area contributed by atoms with Gasteiger partial charge in [0, 0.05) is 32.4 Å². The molecule has 0 amide bonds. The Morgan fingerprint density at radius 1 is 1.26 bits per heavy atom. The molecule has 110 valence electrons. The summed E-state index contributed by atoms with van der Waals surface area (Å²) in [5.74, 6) is 0. The van der Waals surface area contributed by atoms with E-state index in [0.717, 1.165) is 11.4 Å². The molecule has 1 aromatic heterocycles. The molecule has 1 rings (SSSR count). The van der Waals surface area contributed by atoms with Crippen molar-refractivity contribution in [3.63, 3.8) is 0 Å². The van der Waals surface area contributed by atoms with Crippen molar-refractivity contribution < 1.29 is 8.42 Å². The van der Waals surface area contributed by atoms with Crippen LogP contribution >= 0.6 is 0 Å². The van der Waals surface area contributed by atoms with Gasteiger partial charge in [0.2, 0.25) is 0 Å². The van der Waals surface area contributed by atoms with Crippen LogP contribution in [-0.4, -0.2) is 53.5 Å². The number of hydrogen-bond donors (Lipinski definition) is 0. The number of likely N-dealkylation sites (N-methyl/N-ethyl adjacent to an activating group) is 1. The summed E-state index contributed by atoms with van der Waals surface area (Å²) in [6.07, 6.45) is 0. The molecule has 1 heterocycles. The molecule has 0 atom stereocenters. The maximum atomic E-state index is 12.2. The van der Waals surface area contributed by atoms with E-state index in [0.29, 0.717) is 26.2 Å². The predicted octanol–water partition coefficient (Wildman–Crippen LogP) is 1.02. The quantitative estimate of drug-likeness (QED) is 0.752. The Labute approximate surface area is 116 Å². The second-order valence-electron chi connectivity index (χ2n) is 4.56. The lowest BCUT2D eigenvalue weighted by atomic mass is 10.4. The van der Waals surface area contributed by atoms with Crippen LogP contribution < -0.4 is 0 Å². The van der Waals surface area contributed by atoms with E-state index in [1.54, 1.807) is 7.05 Å². The van der Waals surface area contributed by atoms with E-state index in [-0.39, 0.29) is 0 Å². The number of aromatic nitrogens is 2. The molecule has 0 fully saturated rings. The maximum Gasteiger partial charge on any atom is 0.281 e. The zero-order chi connectivity index (χ0) is 14.6. The fourth-order valence-corrected chi connectivity index (χ4v) is 3.36. The molecule has 0 bridgehead atoms. The molecule has 0 aromatic carbocycles. The molecule has 0 unspecified atom stereocenters. The van der Waals surface area contributed by atoms with Crippen molar-refractivity contribution in [2.45, 2.75) is 34.2 Å². The Morgan fingerprint density at radius 3 is 2.26 bits per heavy atom. The van der Waals surface area contributed by atoms with Gasteiger partial charge in [-0.15, -0.1) is 0 Å². The molecule has 7 heteroatoms. The summed E-state index contributed by atoms with van der Waals surface area (Å²) in [7, 11) is -1.74. The third kappa shape index (κ3) is 3.77. The normalized spacial score (nSPS) is 12.6. The average Bonchev–Trinajstić information content (AvgIpc) is 2.65. The standard InChI is InChI=1S/C12H24N4O2S/c1-6-15(7-2)19(17,18)14(5)8-9-16-12(4)10-11(3)13-16/h10H,6-9H2,1-5H3. The van der Waals surface area contributed by atoms with Crippen LogP contribution in [0.25, 0.3) is 0 Å². The van der Waals surface area contributed by atoms with E-state index in [2.05, 4.69) is 5.10 Å². The zero-order valence-corrected chi connectivity index (χ0v) is 13.2. The molecule has 0 spiro atoms. The first-order valence-corrected chi connectivity index (χ1v) is 7.95. The van der Waals surface area contributed by atoms with E-state index in [1.165, 1.54) is 8.61 Å². The highest BCUT2D eigenvalue weighted by molar-refractivity contribution is 7.86. The summed E-state index contributed by atoms with van der Waals surface area (Å²) in [5.41, 5.74) is 2.00. The van der Waals surface area contributed by atoms with Gasteiger partial charge < -0.3 is 0 Å². The van der Waals surface area contributed by atoms with E-state index < -0.39 is 10.2 Å². The minimum absolute atomic E-state index is 0.417. The van der Waals surface area contributed by atoms with Crippen LogP contribution in [0.15, 0.2) is 6.07 Å². The Balaban J connectivity index is 2.70. The van der Waals surface area contributed by atoms with Gasteiger partial charge >= 0.3 is 0 Å². The van der Waals surface area contributed by atoms with Gasteiger partial charge in [-0.2, -0.15) is 22.1 Å². The monoisotopic (exact) mass is 288 g/mol. The lowest BCUT2D eigenvalue weighted by molar-refractivity contribution is 0.364. The zero-order valence-electron chi connectivity index (χ0n) is 12.4. The van der Waals surface area contributed by atoms with E-state index in [9.17, 15) is 8.42 Å². The summed E-state index contributed by atoms with van der Waals surface area (Å²) in [6, 6.07) is 1.99. The van der Waals surface area contributed by atoms with Gasteiger partial charge in [-0.1, -0.05) is 13.8 Å². The van der Waals surface area contributed by atoms with Crippen molar-refractivity contribution in [3.8, 4) is 0 Å². The Bertz CT molecular complexity index is 506. The fourth-order valence-electron chi connectivity index (χ4n) is 2.00. The van der Waals surface area contributed by atoms with Crippen molar-refractivity contribution in [3.05, 3.63) is 17.5 Å². The van der Waals surface area contributed by atoms with Gasteiger partial charge in [-0.25, -0.2) is 0 Å². The molecule has 0 saturated carbocycles. The summed E-state index contributed by atoms with van der Waals surface area (Å²) in [6.45, 7) is 9.55. The van der Waals surface area contributed by atoms with E-state index in [1.807, 2.05) is 38.4 Å². The summed E-state index contributed by atoms with van der Waals surface area (Å²) < 4.78 is 29.1. The van der Waals surface area contributed by atoms with Gasteiger partial charge in [0.25, 0.3) is 10.2 Å². The second kappa shape index (κ2) is 6.49. The molecule has 1 aromatic rings. The van der Waals surface area contributed by atoms with Crippen molar-refractivity contribution in [1.82, 2.24) is 18.4 Å². The first kappa shape index (κ1) is 16.1. The van der Waals surface area contributed by atoms with Crippen molar-refractivity contribution in [2.75, 3.05) is 26.7 Å². The van der Waals surface area contributed by atoms with Crippen LogP contribution in [0.1, 0.15) is 25.2 Å². The third-order valence-electron chi connectivity index (χ3n) is 3.16. The highest BCUT2D eigenvalue weighted by Crippen LogP contribution is 2.07. The smallest absolute Gasteiger partial charge is 0.268 e. The van der Waals surface area contributed by atoms with Crippen molar-refractivity contribution in [1.29, 1.82) is 0 Å². The largest absolute Gasteiger partial charge is 0.281 e. The first-order valence-electron chi connectivity index (χ1n) is 6.55. The summed E-state index contributed by atoms with van der Waals surface area (Å²) >= 11 is 0. The average molecular weight is 288 g/mol. The number of rotatable bonds is 7. The summed E-state index contributed by atoms with van der Waals surface area (Å²) in [5, 5.41) is 4.33.